The van der Waals surface area contributed by atoms with E-state index < -0.39 is 0 Å². The summed E-state index contributed by atoms with van der Waals surface area (Å²) in [6, 6.07) is 13.1. The van der Waals surface area contributed by atoms with Gasteiger partial charge in [0.1, 0.15) is 0 Å². The highest BCUT2D eigenvalue weighted by molar-refractivity contribution is 7.07. The maximum absolute atomic E-state index is 6.20. The summed E-state index contributed by atoms with van der Waals surface area (Å²) in [5, 5.41) is 7.60. The Bertz CT molecular complexity index is 1140. The number of hydrogen-bond acceptors (Lipinski definition) is 4. The van der Waals surface area contributed by atoms with Gasteiger partial charge in [-0.1, -0.05) is 29.3 Å². The molecule has 8 heteroatoms. The van der Waals surface area contributed by atoms with Gasteiger partial charge in [-0.2, -0.15) is 5.10 Å². The molecule has 0 spiro atoms. The van der Waals surface area contributed by atoms with Crippen LogP contribution in [0.1, 0.15) is 5.69 Å². The van der Waals surface area contributed by atoms with E-state index in [2.05, 4.69) is 20.1 Å². The summed E-state index contributed by atoms with van der Waals surface area (Å²) in [6.07, 6.45) is 7.01. The van der Waals surface area contributed by atoms with Crippen LogP contribution in [0, 0.1) is 0 Å². The number of halogens is 2. The Morgan fingerprint density at radius 1 is 1.11 bits per heavy atom. The number of aromatic amines is 1. The first-order valence-corrected chi connectivity index (χ1v) is 9.63. The SMILES string of the molecule is Clc1ccc(-c2csc(=Nc3cccnc3)n2N=Cc2ccc[nH]2)cc1Cl. The van der Waals surface area contributed by atoms with E-state index in [9.17, 15) is 0 Å². The zero-order valence-corrected chi connectivity index (χ0v) is 16.2. The quantitative estimate of drug-likeness (QED) is 0.449. The van der Waals surface area contributed by atoms with Crippen molar-refractivity contribution in [2.75, 3.05) is 0 Å². The van der Waals surface area contributed by atoms with Crippen LogP contribution < -0.4 is 4.80 Å². The fourth-order valence-electron chi connectivity index (χ4n) is 2.42. The summed E-state index contributed by atoms with van der Waals surface area (Å²) in [7, 11) is 0. The maximum atomic E-state index is 6.20. The third-order valence-electron chi connectivity index (χ3n) is 3.71. The van der Waals surface area contributed by atoms with E-state index in [1.807, 2.05) is 48.0 Å². The van der Waals surface area contributed by atoms with Crippen LogP contribution in [0.25, 0.3) is 11.3 Å². The van der Waals surface area contributed by atoms with Gasteiger partial charge >= 0.3 is 0 Å². The first kappa shape index (κ1) is 17.7. The number of H-pyrrole nitrogens is 1. The fraction of sp³-hybridized carbons (Fsp3) is 0. The van der Waals surface area contributed by atoms with Crippen LogP contribution >= 0.6 is 34.5 Å². The second kappa shape index (κ2) is 7.92. The summed E-state index contributed by atoms with van der Waals surface area (Å²) < 4.78 is 1.78. The molecule has 0 atom stereocenters. The monoisotopic (exact) mass is 413 g/mol. The molecule has 3 aromatic heterocycles. The van der Waals surface area contributed by atoms with Crippen LogP contribution in [0.3, 0.4) is 0 Å². The van der Waals surface area contributed by atoms with Gasteiger partial charge in [0.25, 0.3) is 0 Å². The number of rotatable bonds is 4. The summed E-state index contributed by atoms with van der Waals surface area (Å²) in [4.78, 5) is 12.6. The molecule has 0 radical (unpaired) electrons. The lowest BCUT2D eigenvalue weighted by molar-refractivity contribution is 0.853. The molecular weight excluding hydrogens is 401 g/mol. The molecule has 0 saturated carbocycles. The van der Waals surface area contributed by atoms with E-state index in [1.54, 1.807) is 29.4 Å². The van der Waals surface area contributed by atoms with Crippen molar-refractivity contribution in [2.24, 2.45) is 10.1 Å². The average Bonchev–Trinajstić information content (AvgIpc) is 3.33. The van der Waals surface area contributed by atoms with Crippen molar-refractivity contribution in [3.05, 3.63) is 87.0 Å². The maximum Gasteiger partial charge on any atom is 0.211 e. The number of nitrogens with one attached hydrogen (secondary N) is 1. The first-order chi connectivity index (χ1) is 13.2. The third-order valence-corrected chi connectivity index (χ3v) is 5.26. The Hall–Kier alpha value is -2.67. The molecule has 3 heterocycles. The Labute approximate surface area is 169 Å². The molecule has 4 aromatic rings. The number of pyridine rings is 1. The van der Waals surface area contributed by atoms with Crippen LogP contribution in [0.4, 0.5) is 5.69 Å². The van der Waals surface area contributed by atoms with Gasteiger partial charge < -0.3 is 4.98 Å². The molecule has 0 fully saturated rings. The van der Waals surface area contributed by atoms with Gasteiger partial charge in [0.15, 0.2) is 0 Å². The standard InChI is InChI=1S/C19H13Cl2N5S/c20-16-6-5-13(9-17(16)21)18-12-27-19(25-15-4-1-7-22-10-15)26(18)24-11-14-3-2-8-23-14/h1-12,23H. The van der Waals surface area contributed by atoms with Gasteiger partial charge in [-0.3, -0.25) is 4.98 Å². The predicted molar refractivity (Wildman–Crippen MR) is 111 cm³/mol. The molecule has 134 valence electrons. The number of benzene rings is 1. The zero-order valence-electron chi connectivity index (χ0n) is 13.9. The van der Waals surface area contributed by atoms with Crippen LogP contribution in [0.15, 0.2) is 76.5 Å². The smallest absolute Gasteiger partial charge is 0.211 e. The first-order valence-electron chi connectivity index (χ1n) is 7.99. The summed E-state index contributed by atoms with van der Waals surface area (Å²) in [6.45, 7) is 0. The largest absolute Gasteiger partial charge is 0.360 e. The van der Waals surface area contributed by atoms with Crippen molar-refractivity contribution in [3.63, 3.8) is 0 Å². The van der Waals surface area contributed by atoms with Crippen LogP contribution in [0.5, 0.6) is 0 Å². The van der Waals surface area contributed by atoms with Crippen LogP contribution in [-0.2, 0) is 0 Å². The molecule has 1 aromatic carbocycles. The average molecular weight is 414 g/mol. The van der Waals surface area contributed by atoms with Gasteiger partial charge in [-0.15, -0.1) is 11.3 Å². The molecule has 0 bridgehead atoms. The minimum atomic E-state index is 0.492. The molecular formula is C19H13Cl2N5S. The lowest BCUT2D eigenvalue weighted by Gasteiger charge is -2.05. The van der Waals surface area contributed by atoms with E-state index in [4.69, 9.17) is 23.2 Å². The summed E-state index contributed by atoms with van der Waals surface area (Å²) in [5.74, 6) is 0. The highest BCUT2D eigenvalue weighted by Crippen LogP contribution is 2.29. The second-order valence-electron chi connectivity index (χ2n) is 5.54. The lowest BCUT2D eigenvalue weighted by atomic mass is 10.2. The number of aromatic nitrogens is 3. The molecule has 4 rings (SSSR count). The number of hydrogen-bond donors (Lipinski definition) is 1. The van der Waals surface area contributed by atoms with Crippen molar-refractivity contribution in [1.29, 1.82) is 0 Å². The molecule has 1 N–H and O–H groups in total. The molecule has 0 aliphatic carbocycles. The minimum absolute atomic E-state index is 0.492. The normalized spacial score (nSPS) is 12.1. The van der Waals surface area contributed by atoms with Crippen LogP contribution in [-0.4, -0.2) is 20.9 Å². The Morgan fingerprint density at radius 2 is 2.04 bits per heavy atom. The highest BCUT2D eigenvalue weighted by Gasteiger charge is 2.10. The van der Waals surface area contributed by atoms with E-state index in [0.717, 1.165) is 22.6 Å². The molecule has 0 unspecified atom stereocenters. The summed E-state index contributed by atoms with van der Waals surface area (Å²) in [5.41, 5.74) is 3.41. The van der Waals surface area contributed by atoms with Crippen molar-refractivity contribution >= 4 is 46.4 Å². The molecule has 0 amide bonds. The minimum Gasteiger partial charge on any atom is -0.360 e. The van der Waals surface area contributed by atoms with Crippen LogP contribution in [0.2, 0.25) is 10.0 Å². The second-order valence-corrected chi connectivity index (χ2v) is 7.19. The number of nitrogens with zero attached hydrogens (tertiary/aromatic N) is 4. The van der Waals surface area contributed by atoms with Crippen molar-refractivity contribution in [3.8, 4) is 11.3 Å². The fourth-order valence-corrected chi connectivity index (χ4v) is 3.57. The molecule has 5 nitrogen and oxygen atoms in total. The Morgan fingerprint density at radius 3 is 2.78 bits per heavy atom. The van der Waals surface area contributed by atoms with Gasteiger partial charge in [-0.25, -0.2) is 9.67 Å². The Balaban J connectivity index is 1.86. The van der Waals surface area contributed by atoms with Gasteiger partial charge in [-0.05, 0) is 36.4 Å². The van der Waals surface area contributed by atoms with Gasteiger partial charge in [0.05, 0.1) is 39.5 Å². The topological polar surface area (TPSA) is 58.3 Å². The predicted octanol–water partition coefficient (Wildman–Crippen LogP) is 5.36. The highest BCUT2D eigenvalue weighted by atomic mass is 35.5. The molecule has 27 heavy (non-hydrogen) atoms. The Kier molecular flexibility index (Phi) is 5.20. The van der Waals surface area contributed by atoms with Crippen molar-refractivity contribution in [2.45, 2.75) is 0 Å². The molecule has 0 saturated heterocycles. The van der Waals surface area contributed by atoms with Gasteiger partial charge in [0.2, 0.25) is 4.80 Å². The van der Waals surface area contributed by atoms with Gasteiger partial charge in [0, 0.05) is 23.3 Å². The van der Waals surface area contributed by atoms with E-state index in [1.165, 1.54) is 11.3 Å². The van der Waals surface area contributed by atoms with Crippen molar-refractivity contribution in [1.82, 2.24) is 14.6 Å². The van der Waals surface area contributed by atoms with E-state index in [0.29, 0.717) is 14.8 Å². The summed E-state index contributed by atoms with van der Waals surface area (Å²) >= 11 is 13.7. The lowest BCUT2D eigenvalue weighted by Crippen LogP contribution is -2.11. The third kappa shape index (κ3) is 4.03. The van der Waals surface area contributed by atoms with E-state index >= 15 is 0 Å². The van der Waals surface area contributed by atoms with E-state index in [-0.39, 0.29) is 0 Å². The van der Waals surface area contributed by atoms with Crippen molar-refractivity contribution < 1.29 is 0 Å². The number of thiazole rings is 1. The zero-order chi connectivity index (χ0) is 18.6. The molecule has 0 aliphatic heterocycles. The molecule has 0 aliphatic rings.